The van der Waals surface area contributed by atoms with Crippen LogP contribution in [0.4, 0.5) is 0 Å². The Morgan fingerprint density at radius 1 is 1.20 bits per heavy atom. The van der Waals surface area contributed by atoms with Gasteiger partial charge in [-0.15, -0.1) is 0 Å². The third-order valence-electron chi connectivity index (χ3n) is 1.76. The van der Waals surface area contributed by atoms with Crippen LogP contribution in [0, 0.1) is 5.92 Å². The summed E-state index contributed by atoms with van der Waals surface area (Å²) in [6.45, 7) is 7.44. The van der Waals surface area contributed by atoms with Crippen molar-refractivity contribution in [2.45, 2.75) is 32.9 Å². The average Bonchev–Trinajstić information content (AvgIpc) is 2.11. The maximum atomic E-state index is 11.3. The lowest BCUT2D eigenvalue weighted by molar-refractivity contribution is -0.120. The van der Waals surface area contributed by atoms with Gasteiger partial charge in [0.05, 0.1) is 11.8 Å². The molecule has 0 rings (SSSR count). The topological polar surface area (TPSA) is 75.3 Å². The molecule has 0 bridgehead atoms. The number of rotatable bonds is 6. The summed E-state index contributed by atoms with van der Waals surface area (Å²) < 4.78 is 24.8. The largest absolute Gasteiger partial charge is 0.355 e. The van der Waals surface area contributed by atoms with Crippen LogP contribution < -0.4 is 10.0 Å². The van der Waals surface area contributed by atoms with Crippen molar-refractivity contribution in [3.05, 3.63) is 0 Å². The lowest BCUT2D eigenvalue weighted by Crippen LogP contribution is -2.40. The number of hydrogen-bond donors (Lipinski definition) is 2. The first-order valence-electron chi connectivity index (χ1n) is 5.01. The third-order valence-corrected chi connectivity index (χ3v) is 3.55. The van der Waals surface area contributed by atoms with Gasteiger partial charge >= 0.3 is 0 Å². The summed E-state index contributed by atoms with van der Waals surface area (Å²) >= 11 is 0. The molecule has 0 unspecified atom stereocenters. The van der Waals surface area contributed by atoms with Crippen molar-refractivity contribution >= 4 is 15.9 Å². The molecular formula is C9H20N2O3S. The van der Waals surface area contributed by atoms with Crippen molar-refractivity contribution in [3.8, 4) is 0 Å². The standard InChI is InChI=1S/C9H20N2O3S/c1-7(2)5-10-9(12)6-11-15(13,14)8(3)4/h7-8,11H,5-6H2,1-4H3,(H,10,12). The summed E-state index contributed by atoms with van der Waals surface area (Å²) in [5, 5.41) is 2.11. The monoisotopic (exact) mass is 236 g/mol. The van der Waals surface area contributed by atoms with Crippen LogP contribution in [0.25, 0.3) is 0 Å². The van der Waals surface area contributed by atoms with Gasteiger partial charge in [0, 0.05) is 6.54 Å². The number of carbonyl (C=O) groups is 1. The molecule has 0 spiro atoms. The Morgan fingerprint density at radius 3 is 2.13 bits per heavy atom. The fourth-order valence-corrected chi connectivity index (χ4v) is 1.38. The second kappa shape index (κ2) is 6.07. The van der Waals surface area contributed by atoms with E-state index in [2.05, 4.69) is 10.0 Å². The van der Waals surface area contributed by atoms with Crippen LogP contribution in [0.15, 0.2) is 0 Å². The van der Waals surface area contributed by atoms with Crippen LogP contribution >= 0.6 is 0 Å². The number of nitrogens with one attached hydrogen (secondary N) is 2. The zero-order chi connectivity index (χ0) is 12.1. The van der Waals surface area contributed by atoms with E-state index in [0.29, 0.717) is 12.5 Å². The Morgan fingerprint density at radius 2 is 1.73 bits per heavy atom. The lowest BCUT2D eigenvalue weighted by Gasteiger charge is -2.10. The lowest BCUT2D eigenvalue weighted by atomic mass is 10.2. The molecule has 0 saturated heterocycles. The predicted molar refractivity (Wildman–Crippen MR) is 59.9 cm³/mol. The number of amides is 1. The predicted octanol–water partition coefficient (Wildman–Crippen LogP) is 0.0864. The van der Waals surface area contributed by atoms with Gasteiger partial charge in [0.1, 0.15) is 0 Å². The molecule has 15 heavy (non-hydrogen) atoms. The molecule has 0 atom stereocenters. The van der Waals surface area contributed by atoms with Gasteiger partial charge in [-0.1, -0.05) is 13.8 Å². The molecule has 6 heteroatoms. The minimum Gasteiger partial charge on any atom is -0.355 e. The van der Waals surface area contributed by atoms with E-state index < -0.39 is 15.3 Å². The van der Waals surface area contributed by atoms with Crippen molar-refractivity contribution in [3.63, 3.8) is 0 Å². The highest BCUT2D eigenvalue weighted by Crippen LogP contribution is 1.94. The Kier molecular flexibility index (Phi) is 5.82. The van der Waals surface area contributed by atoms with E-state index in [1.807, 2.05) is 13.8 Å². The summed E-state index contributed by atoms with van der Waals surface area (Å²) in [5.41, 5.74) is 0. The van der Waals surface area contributed by atoms with E-state index in [9.17, 15) is 13.2 Å². The van der Waals surface area contributed by atoms with Crippen LogP contribution in [-0.2, 0) is 14.8 Å². The van der Waals surface area contributed by atoms with Crippen LogP contribution in [0.3, 0.4) is 0 Å². The van der Waals surface area contributed by atoms with Gasteiger partial charge in [-0.25, -0.2) is 13.1 Å². The SMILES string of the molecule is CC(C)CNC(=O)CNS(=O)(=O)C(C)C. The summed E-state index contributed by atoms with van der Waals surface area (Å²) in [4.78, 5) is 11.2. The van der Waals surface area contributed by atoms with E-state index in [-0.39, 0.29) is 12.5 Å². The fourth-order valence-electron chi connectivity index (χ4n) is 0.713. The van der Waals surface area contributed by atoms with E-state index >= 15 is 0 Å². The minimum absolute atomic E-state index is 0.187. The van der Waals surface area contributed by atoms with E-state index in [1.54, 1.807) is 13.8 Å². The van der Waals surface area contributed by atoms with Crippen molar-refractivity contribution < 1.29 is 13.2 Å². The Hall–Kier alpha value is -0.620. The second-order valence-electron chi connectivity index (χ2n) is 4.11. The molecule has 5 nitrogen and oxygen atoms in total. The smallest absolute Gasteiger partial charge is 0.235 e. The molecule has 0 radical (unpaired) electrons. The molecule has 2 N–H and O–H groups in total. The Balaban J connectivity index is 3.92. The minimum atomic E-state index is -3.34. The molecule has 0 aliphatic heterocycles. The van der Waals surface area contributed by atoms with Crippen LogP contribution in [0.1, 0.15) is 27.7 Å². The van der Waals surface area contributed by atoms with Crippen LogP contribution in [-0.4, -0.2) is 32.7 Å². The first-order chi connectivity index (χ1) is 6.75. The van der Waals surface area contributed by atoms with Crippen LogP contribution in [0.2, 0.25) is 0 Å². The van der Waals surface area contributed by atoms with Gasteiger partial charge in [-0.3, -0.25) is 4.79 Å². The van der Waals surface area contributed by atoms with Crippen LogP contribution in [0.5, 0.6) is 0 Å². The molecule has 0 aromatic heterocycles. The maximum absolute atomic E-state index is 11.3. The molecule has 90 valence electrons. The number of sulfonamides is 1. The molecule has 0 aliphatic carbocycles. The molecule has 1 amide bonds. The molecular weight excluding hydrogens is 216 g/mol. The van der Waals surface area contributed by atoms with E-state index in [4.69, 9.17) is 0 Å². The molecule has 0 aromatic carbocycles. The molecule has 0 aromatic rings. The Labute approximate surface area is 91.7 Å². The molecule has 0 heterocycles. The second-order valence-corrected chi connectivity index (χ2v) is 6.43. The van der Waals surface area contributed by atoms with E-state index in [1.165, 1.54) is 0 Å². The highest BCUT2D eigenvalue weighted by Gasteiger charge is 2.16. The summed E-state index contributed by atoms with van der Waals surface area (Å²) in [7, 11) is -3.34. The first-order valence-corrected chi connectivity index (χ1v) is 6.55. The zero-order valence-corrected chi connectivity index (χ0v) is 10.5. The van der Waals surface area contributed by atoms with Crippen molar-refractivity contribution in [1.29, 1.82) is 0 Å². The first kappa shape index (κ1) is 14.4. The zero-order valence-electron chi connectivity index (χ0n) is 9.70. The normalized spacial score (nSPS) is 12.1. The van der Waals surface area contributed by atoms with Gasteiger partial charge < -0.3 is 5.32 Å². The third kappa shape index (κ3) is 6.46. The summed E-state index contributed by atoms with van der Waals surface area (Å²) in [5.74, 6) is 0.0589. The van der Waals surface area contributed by atoms with Gasteiger partial charge in [0.2, 0.25) is 15.9 Å². The highest BCUT2D eigenvalue weighted by molar-refractivity contribution is 7.90. The van der Waals surface area contributed by atoms with Gasteiger partial charge in [0.25, 0.3) is 0 Å². The van der Waals surface area contributed by atoms with Gasteiger partial charge in [-0.05, 0) is 19.8 Å². The van der Waals surface area contributed by atoms with Gasteiger partial charge in [0.15, 0.2) is 0 Å². The average molecular weight is 236 g/mol. The number of hydrogen-bond acceptors (Lipinski definition) is 3. The summed E-state index contributed by atoms with van der Waals surface area (Å²) in [6, 6.07) is 0. The Bertz CT molecular complexity index is 296. The van der Waals surface area contributed by atoms with Gasteiger partial charge in [-0.2, -0.15) is 0 Å². The fraction of sp³-hybridized carbons (Fsp3) is 0.889. The quantitative estimate of drug-likeness (QED) is 0.686. The van der Waals surface area contributed by atoms with Crippen molar-refractivity contribution in [1.82, 2.24) is 10.0 Å². The molecule has 0 fully saturated rings. The highest BCUT2D eigenvalue weighted by atomic mass is 32.2. The maximum Gasteiger partial charge on any atom is 0.235 e. The van der Waals surface area contributed by atoms with E-state index in [0.717, 1.165) is 0 Å². The van der Waals surface area contributed by atoms with Crippen molar-refractivity contribution in [2.24, 2.45) is 5.92 Å². The molecule has 0 saturated carbocycles. The summed E-state index contributed by atoms with van der Waals surface area (Å²) in [6.07, 6.45) is 0. The van der Waals surface area contributed by atoms with Crippen molar-refractivity contribution in [2.75, 3.05) is 13.1 Å². The number of carbonyl (C=O) groups excluding carboxylic acids is 1. The molecule has 0 aliphatic rings.